The van der Waals surface area contributed by atoms with Crippen LogP contribution in [0.4, 0.5) is 0 Å². The number of hydrogen-bond donors (Lipinski definition) is 1. The Morgan fingerprint density at radius 3 is 2.85 bits per heavy atom. The zero-order valence-electron chi connectivity index (χ0n) is 7.05. The van der Waals surface area contributed by atoms with Crippen LogP contribution in [0.25, 0.3) is 5.69 Å². The molecule has 0 amide bonds. The van der Waals surface area contributed by atoms with Crippen LogP contribution in [0.2, 0.25) is 0 Å². The van der Waals surface area contributed by atoms with Gasteiger partial charge < -0.3 is 5.11 Å². The number of aromatic nitrogens is 4. The van der Waals surface area contributed by atoms with Crippen LogP contribution in [0.5, 0.6) is 5.75 Å². The molecule has 5 nitrogen and oxygen atoms in total. The van der Waals surface area contributed by atoms with E-state index in [0.29, 0.717) is 5.82 Å². The molecular formula is C8H8N4O. The van der Waals surface area contributed by atoms with E-state index in [1.807, 2.05) is 6.07 Å². The molecule has 2 rings (SSSR count). The van der Waals surface area contributed by atoms with Gasteiger partial charge in [-0.15, -0.1) is 5.10 Å². The molecule has 13 heavy (non-hydrogen) atoms. The van der Waals surface area contributed by atoms with Crippen LogP contribution in [-0.2, 0) is 0 Å². The van der Waals surface area contributed by atoms with Crippen molar-refractivity contribution in [1.29, 1.82) is 0 Å². The fourth-order valence-electron chi connectivity index (χ4n) is 1.10. The van der Waals surface area contributed by atoms with Crippen LogP contribution in [0.15, 0.2) is 24.3 Å². The van der Waals surface area contributed by atoms with E-state index >= 15 is 0 Å². The molecule has 0 aliphatic rings. The second-order valence-corrected chi connectivity index (χ2v) is 2.66. The smallest absolute Gasteiger partial charge is 0.153 e. The Morgan fingerprint density at radius 1 is 1.38 bits per heavy atom. The van der Waals surface area contributed by atoms with Crippen molar-refractivity contribution in [2.45, 2.75) is 6.92 Å². The lowest BCUT2D eigenvalue weighted by molar-refractivity contribution is 0.474. The number of phenols is 1. The van der Waals surface area contributed by atoms with Gasteiger partial charge in [0, 0.05) is 6.07 Å². The van der Waals surface area contributed by atoms with Crippen molar-refractivity contribution in [3.8, 4) is 11.4 Å². The minimum Gasteiger partial charge on any atom is -0.508 e. The molecule has 1 aromatic heterocycles. The molecule has 1 N–H and O–H groups in total. The van der Waals surface area contributed by atoms with Crippen molar-refractivity contribution in [1.82, 2.24) is 20.2 Å². The molecule has 0 atom stereocenters. The number of nitrogens with zero attached hydrogens (tertiary/aromatic N) is 4. The Bertz CT molecular complexity index is 424. The summed E-state index contributed by atoms with van der Waals surface area (Å²) < 4.78 is 1.56. The molecule has 0 aliphatic heterocycles. The van der Waals surface area contributed by atoms with E-state index in [4.69, 9.17) is 0 Å². The van der Waals surface area contributed by atoms with Crippen LogP contribution in [-0.4, -0.2) is 25.3 Å². The third-order valence-electron chi connectivity index (χ3n) is 1.70. The van der Waals surface area contributed by atoms with Crippen molar-refractivity contribution < 1.29 is 5.11 Å². The monoisotopic (exact) mass is 176 g/mol. The third kappa shape index (κ3) is 1.35. The van der Waals surface area contributed by atoms with Crippen molar-refractivity contribution in [2.75, 3.05) is 0 Å². The van der Waals surface area contributed by atoms with Crippen molar-refractivity contribution >= 4 is 0 Å². The van der Waals surface area contributed by atoms with E-state index in [9.17, 15) is 5.11 Å². The first kappa shape index (κ1) is 7.72. The second-order valence-electron chi connectivity index (χ2n) is 2.66. The Kier molecular flexibility index (Phi) is 1.70. The summed E-state index contributed by atoms with van der Waals surface area (Å²) in [5.41, 5.74) is 0.752. The van der Waals surface area contributed by atoms with Gasteiger partial charge in [-0.1, -0.05) is 6.07 Å². The molecule has 0 spiro atoms. The van der Waals surface area contributed by atoms with Crippen LogP contribution in [0, 0.1) is 6.92 Å². The molecule has 0 unspecified atom stereocenters. The summed E-state index contributed by atoms with van der Waals surface area (Å²) in [5, 5.41) is 20.2. The van der Waals surface area contributed by atoms with Crippen LogP contribution < -0.4 is 0 Å². The molecule has 0 radical (unpaired) electrons. The number of tetrazole rings is 1. The maximum Gasteiger partial charge on any atom is 0.153 e. The van der Waals surface area contributed by atoms with Gasteiger partial charge in [0.2, 0.25) is 0 Å². The molecule has 0 bridgehead atoms. The largest absolute Gasteiger partial charge is 0.508 e. The number of benzene rings is 1. The average Bonchev–Trinajstić information content (AvgIpc) is 2.51. The van der Waals surface area contributed by atoms with E-state index in [0.717, 1.165) is 5.69 Å². The molecule has 2 aromatic rings. The first-order valence-electron chi connectivity index (χ1n) is 3.82. The second kappa shape index (κ2) is 2.85. The molecule has 0 saturated heterocycles. The summed E-state index contributed by atoms with van der Waals surface area (Å²) in [6.45, 7) is 1.80. The summed E-state index contributed by atoms with van der Waals surface area (Å²) in [6, 6.07) is 6.77. The maximum atomic E-state index is 9.22. The Hall–Kier alpha value is -1.91. The molecule has 1 aromatic carbocycles. The molecule has 1 heterocycles. The van der Waals surface area contributed by atoms with Gasteiger partial charge in [-0.25, -0.2) is 0 Å². The molecular weight excluding hydrogens is 168 g/mol. The van der Waals surface area contributed by atoms with E-state index in [2.05, 4.69) is 15.5 Å². The van der Waals surface area contributed by atoms with Gasteiger partial charge in [-0.2, -0.15) is 4.68 Å². The lowest BCUT2D eigenvalue weighted by atomic mass is 10.3. The number of rotatable bonds is 1. The highest BCUT2D eigenvalue weighted by atomic mass is 16.3. The summed E-state index contributed by atoms with van der Waals surface area (Å²) in [5.74, 6) is 0.887. The molecule has 5 heteroatoms. The lowest BCUT2D eigenvalue weighted by Gasteiger charge is -2.00. The average molecular weight is 176 g/mol. The molecule has 0 saturated carbocycles. The first-order chi connectivity index (χ1) is 6.27. The van der Waals surface area contributed by atoms with Crippen LogP contribution >= 0.6 is 0 Å². The van der Waals surface area contributed by atoms with Gasteiger partial charge in [0.15, 0.2) is 5.82 Å². The van der Waals surface area contributed by atoms with Gasteiger partial charge in [0.05, 0.1) is 5.69 Å². The highest BCUT2D eigenvalue weighted by Gasteiger charge is 2.02. The summed E-state index contributed by atoms with van der Waals surface area (Å²) in [6.07, 6.45) is 0. The fraction of sp³-hybridized carbons (Fsp3) is 0.125. The maximum absolute atomic E-state index is 9.22. The van der Waals surface area contributed by atoms with Crippen molar-refractivity contribution in [3.05, 3.63) is 30.1 Å². The summed E-state index contributed by atoms with van der Waals surface area (Å²) in [4.78, 5) is 0. The molecule has 66 valence electrons. The van der Waals surface area contributed by atoms with Crippen LogP contribution in [0.3, 0.4) is 0 Å². The van der Waals surface area contributed by atoms with Crippen molar-refractivity contribution in [3.63, 3.8) is 0 Å². The Balaban J connectivity index is 2.53. The summed E-state index contributed by atoms with van der Waals surface area (Å²) in [7, 11) is 0. The minimum absolute atomic E-state index is 0.201. The van der Waals surface area contributed by atoms with Gasteiger partial charge in [-0.3, -0.25) is 0 Å². The SMILES string of the molecule is Cc1nnnn1-c1cccc(O)c1. The van der Waals surface area contributed by atoms with Gasteiger partial charge in [-0.05, 0) is 29.5 Å². The topological polar surface area (TPSA) is 63.8 Å². The van der Waals surface area contributed by atoms with E-state index in [-0.39, 0.29) is 5.75 Å². The van der Waals surface area contributed by atoms with Crippen LogP contribution in [0.1, 0.15) is 5.82 Å². The van der Waals surface area contributed by atoms with E-state index in [1.54, 1.807) is 29.8 Å². The van der Waals surface area contributed by atoms with Gasteiger partial charge in [0.1, 0.15) is 5.75 Å². The summed E-state index contributed by atoms with van der Waals surface area (Å²) >= 11 is 0. The zero-order chi connectivity index (χ0) is 9.26. The number of aromatic hydroxyl groups is 1. The molecule has 0 fully saturated rings. The van der Waals surface area contributed by atoms with Gasteiger partial charge in [0.25, 0.3) is 0 Å². The number of aryl methyl sites for hydroxylation is 1. The minimum atomic E-state index is 0.201. The normalized spacial score (nSPS) is 10.2. The van der Waals surface area contributed by atoms with Crippen molar-refractivity contribution in [2.24, 2.45) is 0 Å². The number of phenolic OH excluding ortho intramolecular Hbond substituents is 1. The predicted molar refractivity (Wildman–Crippen MR) is 45.6 cm³/mol. The van der Waals surface area contributed by atoms with E-state index in [1.165, 1.54) is 0 Å². The lowest BCUT2D eigenvalue weighted by Crippen LogP contribution is -1.98. The Labute approximate surface area is 74.6 Å². The highest BCUT2D eigenvalue weighted by Crippen LogP contribution is 2.14. The zero-order valence-corrected chi connectivity index (χ0v) is 7.05. The first-order valence-corrected chi connectivity index (χ1v) is 3.82. The standard InChI is InChI=1S/C8H8N4O/c1-6-9-10-11-12(6)7-3-2-4-8(13)5-7/h2-5,13H,1H3. The fourth-order valence-corrected chi connectivity index (χ4v) is 1.10. The molecule has 0 aliphatic carbocycles. The Morgan fingerprint density at radius 2 is 2.23 bits per heavy atom. The predicted octanol–water partition coefficient (Wildman–Crippen LogP) is 0.676. The highest BCUT2D eigenvalue weighted by molar-refractivity contribution is 5.37. The number of hydrogen-bond acceptors (Lipinski definition) is 4. The third-order valence-corrected chi connectivity index (χ3v) is 1.70. The quantitative estimate of drug-likeness (QED) is 0.693. The van der Waals surface area contributed by atoms with Gasteiger partial charge >= 0.3 is 0 Å². The van der Waals surface area contributed by atoms with E-state index < -0.39 is 0 Å².